The van der Waals surface area contributed by atoms with Crippen LogP contribution in [0.2, 0.25) is 0 Å². The highest BCUT2D eigenvalue weighted by molar-refractivity contribution is 5.80. The van der Waals surface area contributed by atoms with Gasteiger partial charge in [0, 0.05) is 7.11 Å². The van der Waals surface area contributed by atoms with Crippen LogP contribution in [0.15, 0.2) is 0 Å². The van der Waals surface area contributed by atoms with E-state index in [9.17, 15) is 22.8 Å². The molecule has 0 aromatic rings. The van der Waals surface area contributed by atoms with E-state index in [-0.39, 0.29) is 0 Å². The Labute approximate surface area is 107 Å². The molecule has 0 rings (SSSR count). The van der Waals surface area contributed by atoms with Gasteiger partial charge in [0.2, 0.25) is 0 Å². The molecule has 0 aromatic heterocycles. The number of amides is 1. The third-order valence-corrected chi connectivity index (χ3v) is 1.82. The summed E-state index contributed by atoms with van der Waals surface area (Å²) in [5.74, 6) is -1.88. The first-order valence-electron chi connectivity index (χ1n) is 5.20. The maximum Gasteiger partial charge on any atom is 0.417 e. The minimum absolute atomic E-state index is 0.699. The Hall–Kier alpha value is -1.51. The van der Waals surface area contributed by atoms with Gasteiger partial charge in [0.05, 0.1) is 0 Å². The molecular formula is C10H16F3NO5. The summed E-state index contributed by atoms with van der Waals surface area (Å²) in [6, 6.07) is -2.29. The van der Waals surface area contributed by atoms with Crippen LogP contribution < -0.4 is 5.32 Å². The molecule has 0 aliphatic rings. The van der Waals surface area contributed by atoms with Gasteiger partial charge >= 0.3 is 18.2 Å². The fourth-order valence-electron chi connectivity index (χ4n) is 1.16. The molecule has 0 saturated heterocycles. The van der Waals surface area contributed by atoms with Crippen LogP contribution in [-0.2, 0) is 14.3 Å². The highest BCUT2D eigenvalue weighted by atomic mass is 19.4. The molecule has 0 aliphatic heterocycles. The van der Waals surface area contributed by atoms with Gasteiger partial charge in [0.15, 0.2) is 12.1 Å². The van der Waals surface area contributed by atoms with Crippen molar-refractivity contribution in [3.8, 4) is 0 Å². The van der Waals surface area contributed by atoms with Crippen molar-refractivity contribution in [3.05, 3.63) is 0 Å². The lowest BCUT2D eigenvalue weighted by molar-refractivity contribution is -0.223. The van der Waals surface area contributed by atoms with Gasteiger partial charge in [-0.15, -0.1) is 0 Å². The molecule has 6 nitrogen and oxygen atoms in total. The minimum Gasteiger partial charge on any atom is -0.480 e. The van der Waals surface area contributed by atoms with Gasteiger partial charge in [0.1, 0.15) is 5.60 Å². The summed E-state index contributed by atoms with van der Waals surface area (Å²) in [4.78, 5) is 22.1. The smallest absolute Gasteiger partial charge is 0.417 e. The second-order valence-corrected chi connectivity index (χ2v) is 4.66. The standard InChI is InChI=1S/C10H16F3NO5/c1-9(2,3)19-8(17)14-5(7(15)16)6(18-4)10(11,12)13/h5-6H,1-4H3,(H,14,17)(H,15,16). The fraction of sp³-hybridized carbons (Fsp3) is 0.800. The molecule has 0 aliphatic carbocycles. The van der Waals surface area contributed by atoms with Gasteiger partial charge in [-0.05, 0) is 20.8 Å². The molecule has 0 spiro atoms. The van der Waals surface area contributed by atoms with Gasteiger partial charge in [-0.2, -0.15) is 13.2 Å². The number of ether oxygens (including phenoxy) is 2. The van der Waals surface area contributed by atoms with E-state index in [0.29, 0.717) is 7.11 Å². The highest BCUT2D eigenvalue weighted by Crippen LogP contribution is 2.25. The zero-order valence-electron chi connectivity index (χ0n) is 10.9. The lowest BCUT2D eigenvalue weighted by atomic mass is 10.1. The summed E-state index contributed by atoms with van der Waals surface area (Å²) in [5, 5.41) is 10.4. The lowest BCUT2D eigenvalue weighted by Gasteiger charge is -2.27. The number of rotatable bonds is 4. The molecular weight excluding hydrogens is 271 g/mol. The number of aliphatic carboxylic acids is 1. The number of carboxylic acids is 1. The second-order valence-electron chi connectivity index (χ2n) is 4.66. The van der Waals surface area contributed by atoms with E-state index in [2.05, 4.69) is 9.47 Å². The number of carbonyl (C=O) groups is 2. The van der Waals surface area contributed by atoms with E-state index in [1.807, 2.05) is 0 Å². The molecule has 19 heavy (non-hydrogen) atoms. The van der Waals surface area contributed by atoms with Crippen LogP contribution in [0.25, 0.3) is 0 Å². The maximum atomic E-state index is 12.5. The van der Waals surface area contributed by atoms with Crippen LogP contribution in [0.4, 0.5) is 18.0 Å². The zero-order valence-corrected chi connectivity index (χ0v) is 10.9. The van der Waals surface area contributed by atoms with Crippen molar-refractivity contribution >= 4 is 12.1 Å². The molecule has 2 N–H and O–H groups in total. The highest BCUT2D eigenvalue weighted by Gasteiger charge is 2.49. The summed E-state index contributed by atoms with van der Waals surface area (Å²) < 4.78 is 46.4. The Kier molecular flexibility index (Phi) is 5.61. The van der Waals surface area contributed by atoms with Gasteiger partial charge < -0.3 is 19.9 Å². The van der Waals surface area contributed by atoms with E-state index >= 15 is 0 Å². The lowest BCUT2D eigenvalue weighted by Crippen LogP contribution is -2.55. The van der Waals surface area contributed by atoms with Crippen LogP contribution in [0.3, 0.4) is 0 Å². The normalized spacial score (nSPS) is 15.5. The third-order valence-electron chi connectivity index (χ3n) is 1.82. The monoisotopic (exact) mass is 287 g/mol. The largest absolute Gasteiger partial charge is 0.480 e. The van der Waals surface area contributed by atoms with Crippen molar-refractivity contribution in [1.29, 1.82) is 0 Å². The predicted octanol–water partition coefficient (Wildman–Crippen LogP) is 1.54. The SMILES string of the molecule is COC(C(NC(=O)OC(C)(C)C)C(=O)O)C(F)(F)F. The Balaban J connectivity index is 4.94. The number of methoxy groups -OCH3 is 1. The van der Waals surface area contributed by atoms with E-state index < -0.39 is 36.0 Å². The minimum atomic E-state index is -4.94. The van der Waals surface area contributed by atoms with Gasteiger partial charge in [0.25, 0.3) is 0 Å². The number of hydrogen-bond acceptors (Lipinski definition) is 4. The molecule has 1 amide bonds. The first kappa shape index (κ1) is 17.5. The molecule has 0 heterocycles. The summed E-state index contributed by atoms with van der Waals surface area (Å²) in [7, 11) is 0.699. The van der Waals surface area contributed by atoms with Crippen molar-refractivity contribution in [2.45, 2.75) is 44.7 Å². The molecule has 9 heteroatoms. The predicted molar refractivity (Wildman–Crippen MR) is 57.6 cm³/mol. The average Bonchev–Trinajstić information content (AvgIpc) is 2.11. The van der Waals surface area contributed by atoms with Crippen LogP contribution in [0.5, 0.6) is 0 Å². The molecule has 0 bridgehead atoms. The summed E-state index contributed by atoms with van der Waals surface area (Å²) >= 11 is 0. The summed E-state index contributed by atoms with van der Waals surface area (Å²) in [6.07, 6.45) is -8.88. The third kappa shape index (κ3) is 6.27. The van der Waals surface area contributed by atoms with Crippen molar-refractivity contribution < 1.29 is 37.3 Å². The Morgan fingerprint density at radius 1 is 1.21 bits per heavy atom. The van der Waals surface area contributed by atoms with E-state index in [4.69, 9.17) is 5.11 Å². The first-order valence-corrected chi connectivity index (χ1v) is 5.20. The maximum absolute atomic E-state index is 12.5. The molecule has 0 radical (unpaired) electrons. The second kappa shape index (κ2) is 6.09. The Morgan fingerprint density at radius 3 is 1.95 bits per heavy atom. The van der Waals surface area contributed by atoms with Crippen LogP contribution in [0.1, 0.15) is 20.8 Å². The molecule has 112 valence electrons. The molecule has 0 aromatic carbocycles. The van der Waals surface area contributed by atoms with Crippen LogP contribution >= 0.6 is 0 Å². The molecule has 2 unspecified atom stereocenters. The average molecular weight is 287 g/mol. The fourth-order valence-corrected chi connectivity index (χ4v) is 1.16. The number of alkyl carbamates (subject to hydrolysis) is 1. The quantitative estimate of drug-likeness (QED) is 0.819. The van der Waals surface area contributed by atoms with Crippen LogP contribution in [0, 0.1) is 0 Å². The van der Waals surface area contributed by atoms with Crippen LogP contribution in [-0.4, -0.2) is 48.2 Å². The number of hydrogen-bond donors (Lipinski definition) is 2. The number of halogens is 3. The number of nitrogens with one attached hydrogen (secondary N) is 1. The molecule has 0 saturated carbocycles. The van der Waals surface area contributed by atoms with Crippen molar-refractivity contribution in [3.63, 3.8) is 0 Å². The number of carbonyl (C=O) groups excluding carboxylic acids is 1. The number of alkyl halides is 3. The zero-order chi connectivity index (χ0) is 15.4. The van der Waals surface area contributed by atoms with Crippen molar-refractivity contribution in [2.24, 2.45) is 0 Å². The topological polar surface area (TPSA) is 84.9 Å². The van der Waals surface area contributed by atoms with E-state index in [0.717, 1.165) is 0 Å². The van der Waals surface area contributed by atoms with Gasteiger partial charge in [-0.1, -0.05) is 0 Å². The summed E-state index contributed by atoms with van der Waals surface area (Å²) in [6.45, 7) is 4.46. The van der Waals surface area contributed by atoms with Crippen molar-refractivity contribution in [2.75, 3.05) is 7.11 Å². The van der Waals surface area contributed by atoms with Gasteiger partial charge in [-0.3, -0.25) is 0 Å². The number of carboxylic acid groups (broad SMARTS) is 1. The van der Waals surface area contributed by atoms with Gasteiger partial charge in [-0.25, -0.2) is 9.59 Å². The van der Waals surface area contributed by atoms with E-state index in [1.54, 1.807) is 5.32 Å². The summed E-state index contributed by atoms with van der Waals surface area (Å²) in [5.41, 5.74) is -0.964. The molecule has 2 atom stereocenters. The first-order chi connectivity index (χ1) is 8.38. The Morgan fingerprint density at radius 2 is 1.68 bits per heavy atom. The van der Waals surface area contributed by atoms with E-state index in [1.165, 1.54) is 20.8 Å². The van der Waals surface area contributed by atoms with Crippen molar-refractivity contribution in [1.82, 2.24) is 5.32 Å². The Bertz CT molecular complexity index is 337. The molecule has 0 fully saturated rings.